The number of ether oxygens (including phenoxy) is 1. The molecule has 4 heteroatoms. The van der Waals surface area contributed by atoms with Crippen LogP contribution < -0.4 is 5.32 Å². The predicted octanol–water partition coefficient (Wildman–Crippen LogP) is 1.17. The molecule has 0 bridgehead atoms. The molecule has 4 nitrogen and oxygen atoms in total. The number of likely N-dealkylation sites (tertiary alicyclic amines) is 1. The van der Waals surface area contributed by atoms with E-state index in [2.05, 4.69) is 29.0 Å². The maximum atomic E-state index is 5.63. The summed E-state index contributed by atoms with van der Waals surface area (Å²) in [7, 11) is 0. The van der Waals surface area contributed by atoms with Gasteiger partial charge >= 0.3 is 0 Å². The van der Waals surface area contributed by atoms with E-state index in [-0.39, 0.29) is 0 Å². The average Bonchev–Trinajstić information content (AvgIpc) is 2.91. The normalized spacial score (nSPS) is 26.4. The molecule has 112 valence electrons. The molecule has 2 heterocycles. The van der Waals surface area contributed by atoms with Gasteiger partial charge in [0.15, 0.2) is 0 Å². The van der Waals surface area contributed by atoms with Gasteiger partial charge in [0.1, 0.15) is 0 Å². The lowest BCUT2D eigenvalue weighted by atomic mass is 10.2. The number of hydrogen-bond donors (Lipinski definition) is 1. The molecule has 1 atom stereocenters. The molecule has 0 spiro atoms. The van der Waals surface area contributed by atoms with Crippen molar-refractivity contribution in [1.82, 2.24) is 15.1 Å². The molecule has 2 saturated heterocycles. The predicted molar refractivity (Wildman–Crippen MR) is 79.6 cm³/mol. The number of rotatable bonds is 7. The quantitative estimate of drug-likeness (QED) is 0.751. The van der Waals surface area contributed by atoms with Gasteiger partial charge in [0, 0.05) is 25.2 Å². The van der Waals surface area contributed by atoms with Gasteiger partial charge in [-0.25, -0.2) is 0 Å². The van der Waals surface area contributed by atoms with Crippen molar-refractivity contribution >= 4 is 0 Å². The molecule has 0 aliphatic carbocycles. The highest BCUT2D eigenvalue weighted by atomic mass is 16.5. The summed E-state index contributed by atoms with van der Waals surface area (Å²) in [6, 6.07) is 1.13. The molecule has 0 saturated carbocycles. The largest absolute Gasteiger partial charge is 0.378 e. The van der Waals surface area contributed by atoms with Crippen molar-refractivity contribution in [2.45, 2.75) is 45.2 Å². The Morgan fingerprint density at radius 3 is 2.68 bits per heavy atom. The zero-order valence-corrected chi connectivity index (χ0v) is 12.7. The molecular formula is C15H31N3O. The third-order valence-electron chi connectivity index (χ3n) is 4.23. The smallest absolute Gasteiger partial charge is 0.0634 e. The Balaban J connectivity index is 1.66. The second-order valence-electron chi connectivity index (χ2n) is 6.23. The summed E-state index contributed by atoms with van der Waals surface area (Å²) >= 11 is 0. The molecule has 0 amide bonds. The number of morpholine rings is 1. The highest BCUT2D eigenvalue weighted by Gasteiger charge is 2.22. The van der Waals surface area contributed by atoms with Crippen molar-refractivity contribution in [2.75, 3.05) is 52.5 Å². The van der Waals surface area contributed by atoms with E-state index in [0.29, 0.717) is 12.1 Å². The molecule has 0 radical (unpaired) electrons. The Labute approximate surface area is 118 Å². The van der Waals surface area contributed by atoms with Crippen LogP contribution in [0.1, 0.15) is 33.1 Å². The van der Waals surface area contributed by atoms with Crippen LogP contribution in [-0.4, -0.2) is 74.4 Å². The lowest BCUT2D eigenvalue weighted by Gasteiger charge is -2.36. The molecule has 2 fully saturated rings. The Morgan fingerprint density at radius 2 is 1.95 bits per heavy atom. The molecule has 1 N–H and O–H groups in total. The Bertz CT molecular complexity index is 242. The molecule has 19 heavy (non-hydrogen) atoms. The first-order chi connectivity index (χ1) is 9.25. The van der Waals surface area contributed by atoms with Gasteiger partial charge in [-0.15, -0.1) is 0 Å². The molecule has 2 rings (SSSR count). The molecule has 0 aromatic rings. The van der Waals surface area contributed by atoms with Crippen molar-refractivity contribution in [2.24, 2.45) is 0 Å². The summed E-state index contributed by atoms with van der Waals surface area (Å²) in [6.07, 6.45) is 4.11. The van der Waals surface area contributed by atoms with E-state index >= 15 is 0 Å². The van der Waals surface area contributed by atoms with E-state index in [1.807, 2.05) is 0 Å². The van der Waals surface area contributed by atoms with Gasteiger partial charge in [-0.3, -0.25) is 4.90 Å². The van der Waals surface area contributed by atoms with Crippen molar-refractivity contribution in [1.29, 1.82) is 0 Å². The van der Waals surface area contributed by atoms with E-state index < -0.39 is 0 Å². The Morgan fingerprint density at radius 1 is 1.16 bits per heavy atom. The second kappa shape index (κ2) is 8.20. The van der Waals surface area contributed by atoms with Crippen LogP contribution in [0.4, 0.5) is 0 Å². The highest BCUT2D eigenvalue weighted by Crippen LogP contribution is 2.10. The molecule has 0 aromatic heterocycles. The van der Waals surface area contributed by atoms with Gasteiger partial charge in [-0.2, -0.15) is 0 Å². The first kappa shape index (κ1) is 15.2. The number of nitrogens with zero attached hydrogens (tertiary/aromatic N) is 2. The van der Waals surface area contributed by atoms with E-state index in [9.17, 15) is 0 Å². The van der Waals surface area contributed by atoms with Crippen molar-refractivity contribution in [3.8, 4) is 0 Å². The standard InChI is InChI=1S/C15H31N3O/c1-14(2)16-12-15-13-19-11-10-18(15)9-5-8-17-6-3-4-7-17/h14-16H,3-13H2,1-2H3. The average molecular weight is 269 g/mol. The van der Waals surface area contributed by atoms with Gasteiger partial charge < -0.3 is 15.0 Å². The van der Waals surface area contributed by atoms with E-state index in [0.717, 1.165) is 26.3 Å². The summed E-state index contributed by atoms with van der Waals surface area (Å²) in [5.74, 6) is 0. The third-order valence-corrected chi connectivity index (χ3v) is 4.23. The van der Waals surface area contributed by atoms with Crippen molar-refractivity contribution in [3.63, 3.8) is 0 Å². The van der Waals surface area contributed by atoms with E-state index in [1.165, 1.54) is 45.4 Å². The van der Waals surface area contributed by atoms with Gasteiger partial charge in [-0.1, -0.05) is 13.8 Å². The monoisotopic (exact) mass is 269 g/mol. The first-order valence-electron chi connectivity index (χ1n) is 8.03. The summed E-state index contributed by atoms with van der Waals surface area (Å²) in [6.45, 7) is 13.5. The molecular weight excluding hydrogens is 238 g/mol. The minimum absolute atomic E-state index is 0.563. The van der Waals surface area contributed by atoms with Crippen LogP contribution in [0.15, 0.2) is 0 Å². The zero-order valence-electron chi connectivity index (χ0n) is 12.7. The van der Waals surface area contributed by atoms with Crippen molar-refractivity contribution in [3.05, 3.63) is 0 Å². The van der Waals surface area contributed by atoms with Crippen molar-refractivity contribution < 1.29 is 4.74 Å². The maximum absolute atomic E-state index is 5.63. The lowest BCUT2D eigenvalue weighted by Crippen LogP contribution is -2.51. The molecule has 2 aliphatic rings. The SMILES string of the molecule is CC(C)NCC1COCCN1CCCN1CCCC1. The maximum Gasteiger partial charge on any atom is 0.0634 e. The van der Waals surface area contributed by atoms with Crippen LogP contribution in [0.25, 0.3) is 0 Å². The zero-order chi connectivity index (χ0) is 13.5. The highest BCUT2D eigenvalue weighted by molar-refractivity contribution is 4.78. The number of hydrogen-bond acceptors (Lipinski definition) is 4. The molecule has 0 aromatic carbocycles. The second-order valence-corrected chi connectivity index (χ2v) is 6.23. The van der Waals surface area contributed by atoms with Crippen LogP contribution in [0.5, 0.6) is 0 Å². The summed E-state index contributed by atoms with van der Waals surface area (Å²) < 4.78 is 5.63. The minimum Gasteiger partial charge on any atom is -0.378 e. The lowest BCUT2D eigenvalue weighted by molar-refractivity contribution is -0.00850. The van der Waals surface area contributed by atoms with E-state index in [4.69, 9.17) is 4.74 Å². The van der Waals surface area contributed by atoms with E-state index in [1.54, 1.807) is 0 Å². The van der Waals surface area contributed by atoms with Gasteiger partial charge in [0.25, 0.3) is 0 Å². The third kappa shape index (κ3) is 5.38. The fourth-order valence-corrected chi connectivity index (χ4v) is 3.05. The van der Waals surface area contributed by atoms with Gasteiger partial charge in [0.05, 0.1) is 13.2 Å². The van der Waals surface area contributed by atoms with Gasteiger partial charge in [0.2, 0.25) is 0 Å². The first-order valence-corrected chi connectivity index (χ1v) is 8.03. The fourth-order valence-electron chi connectivity index (χ4n) is 3.05. The minimum atomic E-state index is 0.563. The molecule has 1 unspecified atom stereocenters. The van der Waals surface area contributed by atoms with Crippen LogP contribution in [0.2, 0.25) is 0 Å². The number of nitrogens with one attached hydrogen (secondary N) is 1. The Kier molecular flexibility index (Phi) is 6.57. The summed E-state index contributed by atoms with van der Waals surface area (Å²) in [4.78, 5) is 5.23. The fraction of sp³-hybridized carbons (Fsp3) is 1.00. The summed E-state index contributed by atoms with van der Waals surface area (Å²) in [5, 5.41) is 3.54. The van der Waals surface area contributed by atoms with Crippen LogP contribution in [-0.2, 0) is 4.74 Å². The van der Waals surface area contributed by atoms with Gasteiger partial charge in [-0.05, 0) is 45.4 Å². The van der Waals surface area contributed by atoms with Crippen LogP contribution in [0, 0.1) is 0 Å². The van der Waals surface area contributed by atoms with Crippen LogP contribution in [0.3, 0.4) is 0 Å². The van der Waals surface area contributed by atoms with Crippen LogP contribution >= 0.6 is 0 Å². The summed E-state index contributed by atoms with van der Waals surface area (Å²) in [5.41, 5.74) is 0. The topological polar surface area (TPSA) is 27.7 Å². The molecule has 2 aliphatic heterocycles. The Hall–Kier alpha value is -0.160.